The molecule has 0 saturated heterocycles. The summed E-state index contributed by atoms with van der Waals surface area (Å²) in [5, 5.41) is 0. The lowest BCUT2D eigenvalue weighted by Gasteiger charge is -2.21. The largest absolute Gasteiger partial charge is 0.399 e. The van der Waals surface area contributed by atoms with Crippen LogP contribution in [0.5, 0.6) is 0 Å². The van der Waals surface area contributed by atoms with E-state index in [0.717, 1.165) is 25.7 Å². The van der Waals surface area contributed by atoms with Crippen LogP contribution in [0.3, 0.4) is 0 Å². The molecule has 0 aromatic heterocycles. The zero-order valence-electron chi connectivity index (χ0n) is 10.7. The molecule has 1 aliphatic rings. The van der Waals surface area contributed by atoms with Crippen LogP contribution < -0.4 is 5.73 Å². The van der Waals surface area contributed by atoms with E-state index < -0.39 is 10.0 Å². The van der Waals surface area contributed by atoms with E-state index in [1.807, 2.05) is 0 Å². The van der Waals surface area contributed by atoms with Gasteiger partial charge in [-0.05, 0) is 37.5 Å². The van der Waals surface area contributed by atoms with Gasteiger partial charge in [-0.2, -0.15) is 4.31 Å². The maximum Gasteiger partial charge on any atom is 0.243 e. The van der Waals surface area contributed by atoms with Crippen LogP contribution in [-0.2, 0) is 10.0 Å². The molecule has 2 N–H and O–H groups in total. The van der Waals surface area contributed by atoms with E-state index in [9.17, 15) is 8.42 Å². The van der Waals surface area contributed by atoms with Crippen molar-refractivity contribution < 1.29 is 8.42 Å². The van der Waals surface area contributed by atoms with Crippen LogP contribution in [0.15, 0.2) is 29.2 Å². The second-order valence-electron chi connectivity index (χ2n) is 4.77. The van der Waals surface area contributed by atoms with Gasteiger partial charge in [-0.25, -0.2) is 8.42 Å². The number of rotatable bonds is 6. The Morgan fingerprint density at radius 1 is 1.39 bits per heavy atom. The van der Waals surface area contributed by atoms with Crippen LogP contribution in [0, 0.1) is 0 Å². The molecule has 1 aromatic rings. The molecule has 4 nitrogen and oxygen atoms in total. The van der Waals surface area contributed by atoms with Crippen molar-refractivity contribution in [3.05, 3.63) is 24.3 Å². The van der Waals surface area contributed by atoms with Gasteiger partial charge in [0, 0.05) is 18.3 Å². The quantitative estimate of drug-likeness (QED) is 0.805. The fourth-order valence-corrected chi connectivity index (χ4v) is 3.76. The molecule has 1 aromatic carbocycles. The second kappa shape index (κ2) is 5.28. The average Bonchev–Trinajstić information content (AvgIpc) is 3.14. The first-order valence-corrected chi connectivity index (χ1v) is 7.87. The molecule has 0 aliphatic heterocycles. The third-order valence-corrected chi connectivity index (χ3v) is 5.10. The topological polar surface area (TPSA) is 63.4 Å². The van der Waals surface area contributed by atoms with Crippen molar-refractivity contribution in [2.45, 2.75) is 43.5 Å². The summed E-state index contributed by atoms with van der Waals surface area (Å²) in [5.41, 5.74) is 6.15. The molecule has 18 heavy (non-hydrogen) atoms. The molecule has 0 unspecified atom stereocenters. The Labute approximate surface area is 109 Å². The number of anilines is 1. The van der Waals surface area contributed by atoms with Gasteiger partial charge >= 0.3 is 0 Å². The van der Waals surface area contributed by atoms with Crippen molar-refractivity contribution in [2.24, 2.45) is 0 Å². The SMILES string of the molecule is CCCCN(C1CC1)S(=O)(=O)c1cccc(N)c1. The monoisotopic (exact) mass is 268 g/mol. The minimum atomic E-state index is -3.38. The zero-order valence-corrected chi connectivity index (χ0v) is 11.5. The number of unbranched alkanes of at least 4 members (excludes halogenated alkanes) is 1. The summed E-state index contributed by atoms with van der Waals surface area (Å²) in [4.78, 5) is 0.311. The highest BCUT2D eigenvalue weighted by molar-refractivity contribution is 7.89. The molecular formula is C13H20N2O2S. The number of hydrogen-bond donors (Lipinski definition) is 1. The predicted molar refractivity (Wildman–Crippen MR) is 72.7 cm³/mol. The summed E-state index contributed by atoms with van der Waals surface area (Å²) < 4.78 is 26.7. The van der Waals surface area contributed by atoms with Crippen LogP contribution in [0.25, 0.3) is 0 Å². The molecule has 0 heterocycles. The number of hydrogen-bond acceptors (Lipinski definition) is 3. The van der Waals surface area contributed by atoms with Gasteiger partial charge in [-0.3, -0.25) is 0 Å². The second-order valence-corrected chi connectivity index (χ2v) is 6.66. The average molecular weight is 268 g/mol. The van der Waals surface area contributed by atoms with Crippen molar-refractivity contribution in [2.75, 3.05) is 12.3 Å². The number of nitrogens with zero attached hydrogens (tertiary/aromatic N) is 1. The van der Waals surface area contributed by atoms with Gasteiger partial charge in [0.2, 0.25) is 10.0 Å². The van der Waals surface area contributed by atoms with Crippen LogP contribution in [0.4, 0.5) is 5.69 Å². The number of nitrogen functional groups attached to an aromatic ring is 1. The van der Waals surface area contributed by atoms with Gasteiger partial charge in [0.05, 0.1) is 4.90 Å². The van der Waals surface area contributed by atoms with Crippen molar-refractivity contribution in [3.63, 3.8) is 0 Å². The highest BCUT2D eigenvalue weighted by Gasteiger charge is 2.37. The lowest BCUT2D eigenvalue weighted by atomic mass is 10.3. The van der Waals surface area contributed by atoms with Gasteiger partial charge < -0.3 is 5.73 Å². The maximum absolute atomic E-state index is 12.5. The first-order valence-electron chi connectivity index (χ1n) is 6.43. The third kappa shape index (κ3) is 2.84. The summed E-state index contributed by atoms with van der Waals surface area (Å²) in [6.07, 6.45) is 3.85. The van der Waals surface area contributed by atoms with E-state index in [1.54, 1.807) is 22.5 Å². The summed E-state index contributed by atoms with van der Waals surface area (Å²) in [5.74, 6) is 0. The van der Waals surface area contributed by atoms with E-state index in [1.165, 1.54) is 6.07 Å². The molecule has 1 fully saturated rings. The van der Waals surface area contributed by atoms with E-state index in [4.69, 9.17) is 5.73 Å². The number of nitrogens with two attached hydrogens (primary N) is 1. The minimum absolute atomic E-state index is 0.197. The van der Waals surface area contributed by atoms with Crippen LogP contribution in [-0.4, -0.2) is 25.3 Å². The maximum atomic E-state index is 12.5. The Morgan fingerprint density at radius 3 is 2.67 bits per heavy atom. The molecule has 100 valence electrons. The van der Waals surface area contributed by atoms with Crippen LogP contribution >= 0.6 is 0 Å². The minimum Gasteiger partial charge on any atom is -0.399 e. The fraction of sp³-hybridized carbons (Fsp3) is 0.538. The Bertz CT molecular complexity index is 509. The molecular weight excluding hydrogens is 248 g/mol. The molecule has 1 saturated carbocycles. The normalized spacial score (nSPS) is 16.1. The molecule has 5 heteroatoms. The van der Waals surface area contributed by atoms with E-state index in [-0.39, 0.29) is 6.04 Å². The first kappa shape index (κ1) is 13.4. The van der Waals surface area contributed by atoms with Gasteiger partial charge in [0.15, 0.2) is 0 Å². The Kier molecular flexibility index (Phi) is 3.92. The van der Waals surface area contributed by atoms with Crippen molar-refractivity contribution in [1.29, 1.82) is 0 Å². The zero-order chi connectivity index (χ0) is 13.2. The highest BCUT2D eigenvalue weighted by atomic mass is 32.2. The van der Waals surface area contributed by atoms with Crippen molar-refractivity contribution in [1.82, 2.24) is 4.31 Å². The van der Waals surface area contributed by atoms with E-state index >= 15 is 0 Å². The Morgan fingerprint density at radius 2 is 2.11 bits per heavy atom. The summed E-state index contributed by atoms with van der Waals surface area (Å²) in [6.45, 7) is 2.68. The third-order valence-electron chi connectivity index (χ3n) is 3.15. The highest BCUT2D eigenvalue weighted by Crippen LogP contribution is 2.32. The lowest BCUT2D eigenvalue weighted by Crippen LogP contribution is -2.34. The number of benzene rings is 1. The van der Waals surface area contributed by atoms with Gasteiger partial charge in [-0.1, -0.05) is 19.4 Å². The standard InChI is InChI=1S/C13H20N2O2S/c1-2-3-9-15(12-7-8-12)18(16,17)13-6-4-5-11(14)10-13/h4-6,10,12H,2-3,7-9,14H2,1H3. The predicted octanol–water partition coefficient (Wildman–Crippen LogP) is 2.22. The van der Waals surface area contributed by atoms with E-state index in [0.29, 0.717) is 17.1 Å². The van der Waals surface area contributed by atoms with Gasteiger partial charge in [0.1, 0.15) is 0 Å². The Balaban J connectivity index is 2.27. The molecule has 0 bridgehead atoms. The van der Waals surface area contributed by atoms with Crippen molar-refractivity contribution >= 4 is 15.7 Å². The molecule has 1 aliphatic carbocycles. The van der Waals surface area contributed by atoms with Crippen LogP contribution in [0.2, 0.25) is 0 Å². The summed E-state index contributed by atoms with van der Waals surface area (Å²) in [6, 6.07) is 6.74. The van der Waals surface area contributed by atoms with Gasteiger partial charge in [0.25, 0.3) is 0 Å². The molecule has 0 amide bonds. The Hall–Kier alpha value is -1.07. The first-order chi connectivity index (χ1) is 8.55. The summed E-state index contributed by atoms with van der Waals surface area (Å²) >= 11 is 0. The number of sulfonamides is 1. The van der Waals surface area contributed by atoms with E-state index in [2.05, 4.69) is 6.92 Å². The molecule has 0 radical (unpaired) electrons. The fourth-order valence-electron chi connectivity index (χ4n) is 1.99. The molecule has 0 spiro atoms. The summed E-state index contributed by atoms with van der Waals surface area (Å²) in [7, 11) is -3.38. The molecule has 2 rings (SSSR count). The van der Waals surface area contributed by atoms with Crippen molar-refractivity contribution in [3.8, 4) is 0 Å². The van der Waals surface area contributed by atoms with Gasteiger partial charge in [-0.15, -0.1) is 0 Å². The lowest BCUT2D eigenvalue weighted by molar-refractivity contribution is 0.396. The van der Waals surface area contributed by atoms with Crippen LogP contribution in [0.1, 0.15) is 32.6 Å². The molecule has 0 atom stereocenters. The smallest absolute Gasteiger partial charge is 0.243 e.